The maximum atomic E-state index is 12.4. The minimum Gasteiger partial charge on any atom is -0.298 e. The van der Waals surface area contributed by atoms with Gasteiger partial charge in [0, 0.05) is 11.6 Å². The van der Waals surface area contributed by atoms with E-state index in [1.165, 1.54) is 35.6 Å². The van der Waals surface area contributed by atoms with Gasteiger partial charge in [-0.2, -0.15) is 0 Å². The van der Waals surface area contributed by atoms with Crippen LogP contribution in [0.15, 0.2) is 53.4 Å². The Balaban J connectivity index is 1.74. The maximum absolute atomic E-state index is 12.4. The van der Waals surface area contributed by atoms with Gasteiger partial charge in [-0.1, -0.05) is 30.4 Å². The average Bonchev–Trinajstić information content (AvgIpc) is 3.03. The SMILES string of the molecule is CCC(C)NS(=O)(=O)c1ccc(C(=O)Nc2nc3ccccc3s2)cc1. The number of fused-ring (bicyclic) bond motifs is 1. The van der Waals surface area contributed by atoms with Crippen molar-refractivity contribution in [3.05, 3.63) is 54.1 Å². The normalized spacial score (nSPS) is 12.8. The minimum absolute atomic E-state index is 0.134. The van der Waals surface area contributed by atoms with Crippen LogP contribution in [0.5, 0.6) is 0 Å². The highest BCUT2D eigenvalue weighted by molar-refractivity contribution is 7.89. The molecule has 3 aromatic rings. The number of aromatic nitrogens is 1. The van der Waals surface area contributed by atoms with E-state index in [0.29, 0.717) is 17.1 Å². The molecule has 2 aromatic carbocycles. The van der Waals surface area contributed by atoms with Crippen molar-refractivity contribution in [2.75, 3.05) is 5.32 Å². The van der Waals surface area contributed by atoms with Crippen LogP contribution < -0.4 is 10.0 Å². The van der Waals surface area contributed by atoms with Crippen molar-refractivity contribution in [1.29, 1.82) is 0 Å². The van der Waals surface area contributed by atoms with Crippen molar-refractivity contribution in [2.45, 2.75) is 31.2 Å². The topological polar surface area (TPSA) is 88.2 Å². The highest BCUT2D eigenvalue weighted by Crippen LogP contribution is 2.25. The lowest BCUT2D eigenvalue weighted by molar-refractivity contribution is 0.102. The fourth-order valence-electron chi connectivity index (χ4n) is 2.30. The number of hydrogen-bond donors (Lipinski definition) is 2. The van der Waals surface area contributed by atoms with Gasteiger partial charge in [0.2, 0.25) is 10.0 Å². The molecule has 0 bridgehead atoms. The Bertz CT molecular complexity index is 994. The zero-order valence-electron chi connectivity index (χ0n) is 14.4. The second-order valence-electron chi connectivity index (χ2n) is 5.90. The van der Waals surface area contributed by atoms with Crippen LogP contribution in [0.2, 0.25) is 0 Å². The molecule has 0 spiro atoms. The first-order valence-corrected chi connectivity index (χ1v) is 10.5. The lowest BCUT2D eigenvalue weighted by Crippen LogP contribution is -2.32. The quantitative estimate of drug-likeness (QED) is 0.674. The summed E-state index contributed by atoms with van der Waals surface area (Å²) in [6, 6.07) is 13.3. The predicted octanol–water partition coefficient (Wildman–Crippen LogP) is 3.63. The fraction of sp³-hybridized carbons (Fsp3) is 0.222. The zero-order chi connectivity index (χ0) is 18.7. The average molecular weight is 390 g/mol. The van der Waals surface area contributed by atoms with Crippen molar-refractivity contribution >= 4 is 42.6 Å². The van der Waals surface area contributed by atoms with Gasteiger partial charge in [-0.3, -0.25) is 10.1 Å². The predicted molar refractivity (Wildman–Crippen MR) is 104 cm³/mol. The van der Waals surface area contributed by atoms with Crippen LogP contribution in [0, 0.1) is 0 Å². The number of amides is 1. The number of anilines is 1. The summed E-state index contributed by atoms with van der Waals surface area (Å²) >= 11 is 1.39. The van der Waals surface area contributed by atoms with Crippen LogP contribution in [-0.4, -0.2) is 25.4 Å². The molecule has 0 saturated carbocycles. The molecule has 1 atom stereocenters. The van der Waals surface area contributed by atoms with Gasteiger partial charge in [-0.15, -0.1) is 0 Å². The number of hydrogen-bond acceptors (Lipinski definition) is 5. The number of para-hydroxylation sites is 1. The number of carbonyl (C=O) groups is 1. The van der Waals surface area contributed by atoms with Crippen LogP contribution >= 0.6 is 11.3 Å². The molecule has 1 heterocycles. The van der Waals surface area contributed by atoms with Gasteiger partial charge in [0.15, 0.2) is 5.13 Å². The van der Waals surface area contributed by atoms with Crippen LogP contribution in [-0.2, 0) is 10.0 Å². The van der Waals surface area contributed by atoms with Crippen molar-refractivity contribution < 1.29 is 13.2 Å². The Morgan fingerprint density at radius 1 is 1.15 bits per heavy atom. The monoisotopic (exact) mass is 389 g/mol. The Morgan fingerprint density at radius 3 is 2.50 bits per heavy atom. The van der Waals surface area contributed by atoms with Crippen LogP contribution in [0.4, 0.5) is 5.13 Å². The van der Waals surface area contributed by atoms with E-state index in [1.807, 2.05) is 31.2 Å². The van der Waals surface area contributed by atoms with Gasteiger partial charge in [-0.05, 0) is 49.7 Å². The first kappa shape index (κ1) is 18.5. The summed E-state index contributed by atoms with van der Waals surface area (Å²) in [4.78, 5) is 16.9. The van der Waals surface area contributed by atoms with E-state index in [4.69, 9.17) is 0 Å². The molecular formula is C18H19N3O3S2. The Kier molecular flexibility index (Phi) is 5.36. The fourth-order valence-corrected chi connectivity index (χ4v) is 4.48. The summed E-state index contributed by atoms with van der Waals surface area (Å²) in [7, 11) is -3.58. The maximum Gasteiger partial charge on any atom is 0.257 e. The molecule has 0 aliphatic rings. The molecule has 0 fully saturated rings. The molecule has 0 saturated heterocycles. The number of benzene rings is 2. The van der Waals surface area contributed by atoms with E-state index in [0.717, 1.165) is 10.2 Å². The van der Waals surface area contributed by atoms with Crippen LogP contribution in [0.1, 0.15) is 30.6 Å². The van der Waals surface area contributed by atoms with E-state index in [-0.39, 0.29) is 16.8 Å². The lowest BCUT2D eigenvalue weighted by atomic mass is 10.2. The van der Waals surface area contributed by atoms with E-state index >= 15 is 0 Å². The Labute approximate surface area is 156 Å². The van der Waals surface area contributed by atoms with Crippen LogP contribution in [0.25, 0.3) is 10.2 Å². The number of sulfonamides is 1. The molecule has 0 aliphatic carbocycles. The first-order chi connectivity index (χ1) is 12.4. The molecule has 1 aromatic heterocycles. The van der Waals surface area contributed by atoms with Crippen molar-refractivity contribution in [2.24, 2.45) is 0 Å². The minimum atomic E-state index is -3.58. The molecule has 6 nitrogen and oxygen atoms in total. The largest absolute Gasteiger partial charge is 0.298 e. The second-order valence-corrected chi connectivity index (χ2v) is 8.64. The molecular weight excluding hydrogens is 370 g/mol. The molecule has 1 amide bonds. The number of rotatable bonds is 6. The summed E-state index contributed by atoms with van der Waals surface area (Å²) in [5.74, 6) is -0.331. The van der Waals surface area contributed by atoms with Gasteiger partial charge >= 0.3 is 0 Å². The molecule has 26 heavy (non-hydrogen) atoms. The molecule has 0 radical (unpaired) electrons. The summed E-state index contributed by atoms with van der Waals surface area (Å²) < 4.78 is 28.1. The molecule has 8 heteroatoms. The van der Waals surface area contributed by atoms with Gasteiger partial charge in [0.1, 0.15) is 0 Å². The lowest BCUT2D eigenvalue weighted by Gasteiger charge is -2.12. The van der Waals surface area contributed by atoms with E-state index in [9.17, 15) is 13.2 Å². The summed E-state index contributed by atoms with van der Waals surface area (Å²) in [6.07, 6.45) is 0.696. The van der Waals surface area contributed by atoms with E-state index in [2.05, 4.69) is 15.0 Å². The number of nitrogens with one attached hydrogen (secondary N) is 2. The standard InChI is InChI=1S/C18H19N3O3S2/c1-3-12(2)21-26(23,24)14-10-8-13(9-11-14)17(22)20-18-19-15-6-4-5-7-16(15)25-18/h4-12,21H,3H2,1-2H3,(H,19,20,22). The summed E-state index contributed by atoms with van der Waals surface area (Å²) in [5.41, 5.74) is 1.19. The third-order valence-electron chi connectivity index (χ3n) is 3.91. The van der Waals surface area contributed by atoms with Crippen molar-refractivity contribution in [1.82, 2.24) is 9.71 Å². The molecule has 1 unspecified atom stereocenters. The number of thiazole rings is 1. The second kappa shape index (κ2) is 7.53. The van der Waals surface area contributed by atoms with Gasteiger partial charge in [0.25, 0.3) is 5.91 Å². The highest BCUT2D eigenvalue weighted by Gasteiger charge is 2.17. The molecule has 0 aliphatic heterocycles. The number of carbonyl (C=O) groups excluding carboxylic acids is 1. The third-order valence-corrected chi connectivity index (χ3v) is 6.47. The third kappa shape index (κ3) is 4.09. The molecule has 2 N–H and O–H groups in total. The highest BCUT2D eigenvalue weighted by atomic mass is 32.2. The van der Waals surface area contributed by atoms with Gasteiger partial charge < -0.3 is 0 Å². The molecule has 3 rings (SSSR count). The van der Waals surface area contributed by atoms with E-state index in [1.54, 1.807) is 6.92 Å². The van der Waals surface area contributed by atoms with Gasteiger partial charge in [0.05, 0.1) is 15.1 Å². The Morgan fingerprint density at radius 2 is 1.85 bits per heavy atom. The summed E-state index contributed by atoms with van der Waals surface area (Å²) in [6.45, 7) is 3.71. The molecule has 136 valence electrons. The summed E-state index contributed by atoms with van der Waals surface area (Å²) in [5, 5.41) is 3.26. The number of nitrogens with zero attached hydrogens (tertiary/aromatic N) is 1. The smallest absolute Gasteiger partial charge is 0.257 e. The van der Waals surface area contributed by atoms with Crippen molar-refractivity contribution in [3.8, 4) is 0 Å². The zero-order valence-corrected chi connectivity index (χ0v) is 16.0. The van der Waals surface area contributed by atoms with Crippen molar-refractivity contribution in [3.63, 3.8) is 0 Å². The first-order valence-electron chi connectivity index (χ1n) is 8.18. The van der Waals surface area contributed by atoms with Gasteiger partial charge in [-0.25, -0.2) is 18.1 Å². The Hall–Kier alpha value is -2.29. The van der Waals surface area contributed by atoms with Crippen LogP contribution in [0.3, 0.4) is 0 Å². The van der Waals surface area contributed by atoms with E-state index < -0.39 is 10.0 Å².